The molecule has 1 aliphatic carbocycles. The number of benzene rings is 2. The van der Waals surface area contributed by atoms with Crippen molar-refractivity contribution in [1.82, 2.24) is 14.8 Å². The Hall–Kier alpha value is -3.58. The van der Waals surface area contributed by atoms with Crippen molar-refractivity contribution in [2.45, 2.75) is 50.0 Å². The van der Waals surface area contributed by atoms with E-state index in [0.29, 0.717) is 44.1 Å². The molecular weight excluding hydrogens is 556 g/mol. The lowest BCUT2D eigenvalue weighted by Gasteiger charge is -2.47. The first-order chi connectivity index (χ1) is 19.4. The third-order valence-electron chi connectivity index (χ3n) is 7.78. The van der Waals surface area contributed by atoms with Gasteiger partial charge in [0.1, 0.15) is 12.4 Å². The van der Waals surface area contributed by atoms with Crippen LogP contribution in [0, 0.1) is 17.5 Å². The normalized spacial score (nSPS) is 19.4. The van der Waals surface area contributed by atoms with Gasteiger partial charge in [0, 0.05) is 48.5 Å². The minimum Gasteiger partial charge on any atom is -0.475 e. The number of rotatable bonds is 4. The van der Waals surface area contributed by atoms with Gasteiger partial charge in [-0.05, 0) is 54.8 Å². The maximum atomic E-state index is 15.0. The Labute approximate surface area is 230 Å². The number of fused-ring (bicyclic) bond motifs is 1. The summed E-state index contributed by atoms with van der Waals surface area (Å²) in [6.45, 7) is 1.81. The molecule has 0 atom stereocenters. The van der Waals surface area contributed by atoms with Gasteiger partial charge in [-0.15, -0.1) is 0 Å². The number of nitrogens with one attached hydrogen (secondary N) is 1. The van der Waals surface area contributed by atoms with Gasteiger partial charge < -0.3 is 19.7 Å². The third-order valence-corrected chi connectivity index (χ3v) is 7.78. The Morgan fingerprint density at radius 3 is 2.39 bits per heavy atom. The standard InChI is InChI=1S/C26H26F3N3O2.C2HF3O2/c27-21-12-19(17-2-1-16-5-8-30-22(16)11-17)24(28)25(29)20(21)13-31-9-6-26(7-10-31)15-32(18-3-4-18)23(33)14-34-26;3-2(4,5)1(6)7/h1-2,5,8,11-12,18,30H,3-4,6-7,9-10,13-15H2;(H,6,7). The number of likely N-dealkylation sites (tertiary alicyclic amines) is 1. The van der Waals surface area contributed by atoms with Gasteiger partial charge in [-0.3, -0.25) is 9.69 Å². The van der Waals surface area contributed by atoms with Crippen molar-refractivity contribution in [3.8, 4) is 11.1 Å². The zero-order valence-electron chi connectivity index (χ0n) is 21.7. The van der Waals surface area contributed by atoms with Crippen molar-refractivity contribution in [3.05, 3.63) is 59.5 Å². The summed E-state index contributed by atoms with van der Waals surface area (Å²) in [7, 11) is 0. The van der Waals surface area contributed by atoms with E-state index in [0.717, 1.165) is 29.8 Å². The molecule has 1 spiro atoms. The first-order valence-electron chi connectivity index (χ1n) is 13.1. The Balaban J connectivity index is 0.000000431. The second-order valence-corrected chi connectivity index (χ2v) is 10.6. The first-order valence-corrected chi connectivity index (χ1v) is 13.1. The topological polar surface area (TPSA) is 85.9 Å². The van der Waals surface area contributed by atoms with Gasteiger partial charge in [0.05, 0.1) is 12.1 Å². The molecule has 41 heavy (non-hydrogen) atoms. The molecule has 13 heteroatoms. The fourth-order valence-corrected chi connectivity index (χ4v) is 5.31. The van der Waals surface area contributed by atoms with E-state index in [9.17, 15) is 18.0 Å². The Kier molecular flexibility index (Phi) is 7.77. The molecule has 3 heterocycles. The molecule has 0 radical (unpaired) electrons. The zero-order chi connectivity index (χ0) is 29.5. The number of nitrogens with zero attached hydrogens (tertiary/aromatic N) is 2. The number of hydrogen-bond acceptors (Lipinski definition) is 4. The van der Waals surface area contributed by atoms with E-state index in [2.05, 4.69) is 4.98 Å². The molecule has 6 rings (SSSR count). The van der Waals surface area contributed by atoms with E-state index in [1.54, 1.807) is 24.4 Å². The molecular formula is C28H27F6N3O4. The number of aromatic amines is 1. The predicted octanol–water partition coefficient (Wildman–Crippen LogP) is 5.24. The predicted molar refractivity (Wildman–Crippen MR) is 135 cm³/mol. The smallest absolute Gasteiger partial charge is 0.475 e. The van der Waals surface area contributed by atoms with Crippen LogP contribution in [0.1, 0.15) is 31.2 Å². The number of carboxylic acid groups (broad SMARTS) is 1. The number of aliphatic carboxylic acids is 1. The van der Waals surface area contributed by atoms with E-state index in [1.807, 2.05) is 15.9 Å². The van der Waals surface area contributed by atoms with Crippen LogP contribution in [0.2, 0.25) is 0 Å². The summed E-state index contributed by atoms with van der Waals surface area (Å²) in [4.78, 5) is 28.0. The highest BCUT2D eigenvalue weighted by Crippen LogP contribution is 2.37. The minimum absolute atomic E-state index is 0.00806. The summed E-state index contributed by atoms with van der Waals surface area (Å²) in [6, 6.07) is 8.45. The van der Waals surface area contributed by atoms with Crippen LogP contribution >= 0.6 is 0 Å². The number of morpholine rings is 1. The quantitative estimate of drug-likeness (QED) is 0.324. The molecule has 3 aromatic rings. The van der Waals surface area contributed by atoms with Crippen molar-refractivity contribution in [1.29, 1.82) is 0 Å². The number of aromatic nitrogens is 1. The van der Waals surface area contributed by atoms with Gasteiger partial charge in [-0.25, -0.2) is 18.0 Å². The fourth-order valence-electron chi connectivity index (χ4n) is 5.31. The Morgan fingerprint density at radius 2 is 1.76 bits per heavy atom. The van der Waals surface area contributed by atoms with Gasteiger partial charge in [0.15, 0.2) is 11.6 Å². The second kappa shape index (κ2) is 11.0. The third kappa shape index (κ3) is 6.20. The van der Waals surface area contributed by atoms with Crippen molar-refractivity contribution in [3.63, 3.8) is 0 Å². The SMILES string of the molecule is O=C(O)C(F)(F)F.O=C1COC2(CCN(Cc3c(F)cc(-c4ccc5cc[nH]c5c4)c(F)c3F)CC2)CN1C1CC1. The van der Waals surface area contributed by atoms with Gasteiger partial charge in [-0.1, -0.05) is 12.1 Å². The van der Waals surface area contributed by atoms with Gasteiger partial charge in [0.25, 0.3) is 0 Å². The van der Waals surface area contributed by atoms with Gasteiger partial charge in [-0.2, -0.15) is 13.2 Å². The Morgan fingerprint density at radius 1 is 1.07 bits per heavy atom. The zero-order valence-corrected chi connectivity index (χ0v) is 21.7. The van der Waals surface area contributed by atoms with E-state index < -0.39 is 35.2 Å². The average Bonchev–Trinajstić information content (AvgIpc) is 3.67. The summed E-state index contributed by atoms with van der Waals surface area (Å²) in [6.07, 6.45) is 0.115. The lowest BCUT2D eigenvalue weighted by Crippen LogP contribution is -2.59. The molecule has 3 aliphatic rings. The van der Waals surface area contributed by atoms with Gasteiger partial charge >= 0.3 is 12.1 Å². The lowest BCUT2D eigenvalue weighted by atomic mass is 9.88. The molecule has 3 fully saturated rings. The molecule has 2 aromatic carbocycles. The second-order valence-electron chi connectivity index (χ2n) is 10.6. The molecule has 220 valence electrons. The summed E-state index contributed by atoms with van der Waals surface area (Å²) in [5.41, 5.74) is 0.456. The minimum atomic E-state index is -5.08. The molecule has 1 amide bonds. The molecule has 2 N–H and O–H groups in total. The van der Waals surface area contributed by atoms with Crippen molar-refractivity contribution < 1.29 is 45.8 Å². The first kappa shape index (κ1) is 28.9. The van der Waals surface area contributed by atoms with Crippen LogP contribution in [-0.4, -0.2) is 75.8 Å². The Bertz CT molecular complexity index is 1460. The highest BCUT2D eigenvalue weighted by atomic mass is 19.4. The van der Waals surface area contributed by atoms with E-state index in [1.165, 1.54) is 0 Å². The number of piperidine rings is 1. The molecule has 1 saturated carbocycles. The van der Waals surface area contributed by atoms with Crippen LogP contribution in [0.5, 0.6) is 0 Å². The number of ether oxygens (including phenoxy) is 1. The van der Waals surface area contributed by atoms with Crippen LogP contribution in [0.4, 0.5) is 26.3 Å². The number of hydrogen-bond donors (Lipinski definition) is 2. The van der Waals surface area contributed by atoms with E-state index >= 15 is 13.2 Å². The van der Waals surface area contributed by atoms with Crippen LogP contribution in [-0.2, 0) is 20.9 Å². The monoisotopic (exact) mass is 583 g/mol. The van der Waals surface area contributed by atoms with Crippen LogP contribution in [0.15, 0.2) is 36.5 Å². The van der Waals surface area contributed by atoms with Crippen molar-refractivity contribution in [2.24, 2.45) is 0 Å². The van der Waals surface area contributed by atoms with Crippen molar-refractivity contribution >= 4 is 22.8 Å². The van der Waals surface area contributed by atoms with Gasteiger partial charge in [0.2, 0.25) is 5.91 Å². The van der Waals surface area contributed by atoms with E-state index in [-0.39, 0.29) is 30.2 Å². The van der Waals surface area contributed by atoms with Crippen LogP contribution < -0.4 is 0 Å². The molecule has 1 aromatic heterocycles. The fraction of sp³-hybridized carbons (Fsp3) is 0.429. The maximum Gasteiger partial charge on any atom is 0.490 e. The number of carbonyl (C=O) groups is 2. The number of H-pyrrole nitrogens is 1. The maximum absolute atomic E-state index is 15.0. The summed E-state index contributed by atoms with van der Waals surface area (Å²) < 4.78 is 82.8. The largest absolute Gasteiger partial charge is 0.490 e. The summed E-state index contributed by atoms with van der Waals surface area (Å²) >= 11 is 0. The van der Waals surface area contributed by atoms with Crippen LogP contribution in [0.25, 0.3) is 22.0 Å². The van der Waals surface area contributed by atoms with Crippen LogP contribution in [0.3, 0.4) is 0 Å². The molecule has 0 unspecified atom stereocenters. The molecule has 2 saturated heterocycles. The number of alkyl halides is 3. The molecule has 7 nitrogen and oxygen atoms in total. The molecule has 0 bridgehead atoms. The average molecular weight is 584 g/mol. The van der Waals surface area contributed by atoms with E-state index in [4.69, 9.17) is 14.6 Å². The number of carbonyl (C=O) groups excluding carboxylic acids is 1. The van der Waals surface area contributed by atoms with Crippen molar-refractivity contribution in [2.75, 3.05) is 26.2 Å². The highest BCUT2D eigenvalue weighted by molar-refractivity contribution is 5.85. The lowest BCUT2D eigenvalue weighted by molar-refractivity contribution is -0.192. The molecule has 2 aliphatic heterocycles. The highest BCUT2D eigenvalue weighted by Gasteiger charge is 2.46. The summed E-state index contributed by atoms with van der Waals surface area (Å²) in [5.74, 6) is -5.63. The summed E-state index contributed by atoms with van der Waals surface area (Å²) in [5, 5.41) is 8.07. The number of carboxylic acids is 1. The number of halogens is 6. The number of amides is 1.